The summed E-state index contributed by atoms with van der Waals surface area (Å²) >= 11 is 1.19. The minimum atomic E-state index is -0.449. The second kappa shape index (κ2) is 5.86. The normalized spacial score (nSPS) is 19.0. The van der Waals surface area contributed by atoms with Gasteiger partial charge in [0.05, 0.1) is 23.8 Å². The van der Waals surface area contributed by atoms with Crippen LogP contribution in [0, 0.1) is 6.57 Å². The van der Waals surface area contributed by atoms with E-state index in [4.69, 9.17) is 11.6 Å². The first-order chi connectivity index (χ1) is 12.9. The Labute approximate surface area is 153 Å². The molecule has 1 N–H and O–H groups in total. The lowest BCUT2D eigenvalue weighted by molar-refractivity contribution is 0.799. The Morgan fingerprint density at radius 1 is 1.00 bits per heavy atom. The summed E-state index contributed by atoms with van der Waals surface area (Å²) in [6.07, 6.45) is 1.77. The number of H-pyrrole nitrogens is 1. The van der Waals surface area contributed by atoms with Crippen molar-refractivity contribution in [3.05, 3.63) is 82.8 Å². The molecule has 1 aliphatic rings. The quantitative estimate of drug-likeness (QED) is 0.553. The van der Waals surface area contributed by atoms with Crippen molar-refractivity contribution in [2.45, 2.75) is 12.0 Å². The second-order valence-electron chi connectivity index (χ2n) is 6.07. The van der Waals surface area contributed by atoms with E-state index in [-0.39, 0.29) is 5.92 Å². The van der Waals surface area contributed by atoms with E-state index in [1.807, 2.05) is 48.5 Å². The number of aromatic nitrogens is 4. The van der Waals surface area contributed by atoms with Gasteiger partial charge >= 0.3 is 0 Å². The first kappa shape index (κ1) is 14.9. The lowest BCUT2D eigenvalue weighted by Gasteiger charge is -2.24. The molecule has 0 fully saturated rings. The zero-order valence-corrected chi connectivity index (χ0v) is 14.3. The van der Waals surface area contributed by atoms with Gasteiger partial charge in [0.25, 0.3) is 6.04 Å². The Kier molecular flexibility index (Phi) is 3.37. The number of hydrogen-bond donors (Lipinski definition) is 1. The number of aromatic amines is 1. The number of fused-ring (bicyclic) bond motifs is 2. The topological polar surface area (TPSA) is 71.2 Å². The summed E-state index contributed by atoms with van der Waals surface area (Å²) in [6, 6.07) is 15.3. The van der Waals surface area contributed by atoms with Crippen LogP contribution in [0.2, 0.25) is 0 Å². The fourth-order valence-electron chi connectivity index (χ4n) is 3.52. The summed E-state index contributed by atoms with van der Waals surface area (Å²) in [6.45, 7) is 7.90. The number of nitrogens with one attached hydrogen (secondary N) is 1. The monoisotopic (exact) mass is 356 g/mol. The molecule has 5 rings (SSSR count). The molecule has 7 heteroatoms. The van der Waals surface area contributed by atoms with Gasteiger partial charge in [-0.1, -0.05) is 42.5 Å². The summed E-state index contributed by atoms with van der Waals surface area (Å²) in [4.78, 5) is 8.69. The smallest absolute Gasteiger partial charge is 0.276 e. The van der Waals surface area contributed by atoms with Gasteiger partial charge in [-0.05, 0) is 11.6 Å². The van der Waals surface area contributed by atoms with E-state index in [1.54, 1.807) is 6.20 Å². The lowest BCUT2D eigenvalue weighted by atomic mass is 9.80. The van der Waals surface area contributed by atoms with Gasteiger partial charge in [-0.15, -0.1) is 0 Å². The number of hydrogen-bond acceptors (Lipinski definition) is 5. The molecular formula is C19H12N6S. The fourth-order valence-corrected chi connectivity index (χ4v) is 4.07. The highest BCUT2D eigenvalue weighted by atomic mass is 32.1. The Morgan fingerprint density at radius 2 is 1.88 bits per heavy atom. The van der Waals surface area contributed by atoms with Gasteiger partial charge in [0.1, 0.15) is 16.7 Å². The van der Waals surface area contributed by atoms with Crippen LogP contribution in [0.5, 0.6) is 0 Å². The van der Waals surface area contributed by atoms with Crippen LogP contribution in [-0.2, 0) is 0 Å². The molecule has 2 atom stereocenters. The molecule has 0 saturated heterocycles. The van der Waals surface area contributed by atoms with E-state index < -0.39 is 6.04 Å². The summed E-state index contributed by atoms with van der Waals surface area (Å²) in [5.74, 6) is 0.510. The first-order valence-corrected chi connectivity index (χ1v) is 8.85. The fraction of sp³-hybridized carbons (Fsp3) is 0.105. The van der Waals surface area contributed by atoms with Crippen molar-refractivity contribution in [1.82, 2.24) is 18.9 Å². The van der Waals surface area contributed by atoms with Gasteiger partial charge in [-0.3, -0.25) is 5.10 Å². The summed E-state index contributed by atoms with van der Waals surface area (Å²) < 4.78 is 8.82. The third-order valence-corrected chi connectivity index (χ3v) is 5.21. The van der Waals surface area contributed by atoms with Gasteiger partial charge in [0.15, 0.2) is 5.82 Å². The minimum Gasteiger partial charge on any atom is -0.306 e. The van der Waals surface area contributed by atoms with Crippen molar-refractivity contribution in [3.8, 4) is 0 Å². The van der Waals surface area contributed by atoms with E-state index in [0.717, 1.165) is 33.4 Å². The average Bonchev–Trinajstić information content (AvgIpc) is 3.36. The average molecular weight is 356 g/mol. The molecule has 26 heavy (non-hydrogen) atoms. The van der Waals surface area contributed by atoms with Crippen LogP contribution in [-0.4, -0.2) is 30.7 Å². The van der Waals surface area contributed by atoms with Crippen LogP contribution in [0.3, 0.4) is 0 Å². The molecule has 6 nitrogen and oxygen atoms in total. The van der Waals surface area contributed by atoms with Crippen molar-refractivity contribution in [2.75, 3.05) is 0 Å². The largest absolute Gasteiger partial charge is 0.306 e. The highest BCUT2D eigenvalue weighted by Gasteiger charge is 2.42. The van der Waals surface area contributed by atoms with Crippen molar-refractivity contribution < 1.29 is 0 Å². The number of aliphatic imine (C=N–C) groups is 1. The highest BCUT2D eigenvalue weighted by molar-refractivity contribution is 7.00. The molecule has 1 aliphatic heterocycles. The lowest BCUT2D eigenvalue weighted by Crippen LogP contribution is -2.29. The first-order valence-electron chi connectivity index (χ1n) is 8.12. The van der Waals surface area contributed by atoms with Gasteiger partial charge in [-0.25, -0.2) is 11.6 Å². The molecule has 0 bridgehead atoms. The minimum absolute atomic E-state index is 0.193. The van der Waals surface area contributed by atoms with Gasteiger partial charge in [0.2, 0.25) is 0 Å². The maximum atomic E-state index is 7.90. The zero-order valence-electron chi connectivity index (χ0n) is 13.5. The van der Waals surface area contributed by atoms with Crippen molar-refractivity contribution in [2.24, 2.45) is 4.99 Å². The third kappa shape index (κ3) is 2.16. The van der Waals surface area contributed by atoms with Crippen LogP contribution in [0.25, 0.3) is 15.9 Å². The van der Waals surface area contributed by atoms with Crippen LogP contribution in [0.15, 0.2) is 59.7 Å². The van der Waals surface area contributed by atoms with Crippen LogP contribution in [0.4, 0.5) is 5.82 Å². The van der Waals surface area contributed by atoms with Crippen molar-refractivity contribution >= 4 is 34.3 Å². The van der Waals surface area contributed by atoms with E-state index in [2.05, 4.69) is 23.8 Å². The Morgan fingerprint density at radius 3 is 2.73 bits per heavy atom. The zero-order chi connectivity index (χ0) is 17.5. The van der Waals surface area contributed by atoms with Crippen LogP contribution in [0.1, 0.15) is 22.6 Å². The molecule has 0 spiro atoms. The number of rotatable bonds is 2. The molecule has 0 saturated carbocycles. The molecule has 0 aliphatic carbocycles. The third-order valence-electron chi connectivity index (χ3n) is 4.67. The van der Waals surface area contributed by atoms with E-state index in [9.17, 15) is 0 Å². The number of nitrogens with zero attached hydrogens (tertiary/aromatic N) is 5. The second-order valence-corrected chi connectivity index (χ2v) is 6.60. The van der Waals surface area contributed by atoms with Crippen molar-refractivity contribution in [1.29, 1.82) is 0 Å². The molecule has 124 valence electrons. The summed E-state index contributed by atoms with van der Waals surface area (Å²) in [5.41, 5.74) is 5.31. The predicted octanol–water partition coefficient (Wildman–Crippen LogP) is 3.97. The SMILES string of the molecule is [C-]#[N+]C1C(c2ccccc2)=Nc2[nH]ncc2C1c1cccc2nsnc12. The molecule has 0 amide bonds. The highest BCUT2D eigenvalue weighted by Crippen LogP contribution is 2.42. The molecule has 2 aromatic heterocycles. The summed E-state index contributed by atoms with van der Waals surface area (Å²) in [5, 5.41) is 7.15. The Bertz CT molecular complexity index is 1170. The summed E-state index contributed by atoms with van der Waals surface area (Å²) in [7, 11) is 0. The molecule has 2 unspecified atom stereocenters. The molecule has 2 aromatic carbocycles. The Balaban J connectivity index is 1.77. The van der Waals surface area contributed by atoms with Gasteiger partial charge < -0.3 is 4.85 Å². The molecule has 4 aromatic rings. The molecule has 0 radical (unpaired) electrons. The van der Waals surface area contributed by atoms with E-state index >= 15 is 0 Å². The predicted molar refractivity (Wildman–Crippen MR) is 101 cm³/mol. The van der Waals surface area contributed by atoms with E-state index in [0.29, 0.717) is 5.82 Å². The van der Waals surface area contributed by atoms with Gasteiger partial charge in [-0.2, -0.15) is 13.8 Å². The molecule has 3 heterocycles. The molecular weight excluding hydrogens is 344 g/mol. The van der Waals surface area contributed by atoms with Crippen LogP contribution >= 0.6 is 11.7 Å². The maximum Gasteiger partial charge on any atom is 0.276 e. The van der Waals surface area contributed by atoms with Crippen LogP contribution < -0.4 is 0 Å². The number of benzene rings is 2. The van der Waals surface area contributed by atoms with Crippen molar-refractivity contribution in [3.63, 3.8) is 0 Å². The standard InChI is InChI=1S/C19H12N6S/c1-20-18-15(12-8-5-9-14-17(12)25-26-24-14)13-10-21-23-19(13)22-16(18)11-6-3-2-4-7-11/h2-10,15,18H,(H,21,23). The van der Waals surface area contributed by atoms with E-state index in [1.165, 1.54) is 11.7 Å². The van der Waals surface area contributed by atoms with Gasteiger partial charge in [0, 0.05) is 11.1 Å². The Hall–Kier alpha value is -3.37. The maximum absolute atomic E-state index is 7.90.